The van der Waals surface area contributed by atoms with Gasteiger partial charge >= 0.3 is 5.97 Å². The molecule has 0 aliphatic rings. The number of aryl methyl sites for hydroxylation is 1. The minimum Gasteiger partial charge on any atom is -0.478 e. The minimum absolute atomic E-state index is 0.0257. The van der Waals surface area contributed by atoms with Crippen LogP contribution in [0, 0.1) is 12.7 Å². The molecular weight excluding hydrogens is 263 g/mol. The number of hydrogen-bond donors (Lipinski definition) is 1. The molecule has 1 N–H and O–H groups in total. The van der Waals surface area contributed by atoms with Crippen molar-refractivity contribution in [3.63, 3.8) is 0 Å². The predicted molar refractivity (Wildman–Crippen MR) is 71.2 cm³/mol. The Morgan fingerprint density at radius 3 is 2.80 bits per heavy atom. The van der Waals surface area contributed by atoms with Gasteiger partial charge in [0.1, 0.15) is 11.5 Å². The van der Waals surface area contributed by atoms with Crippen LogP contribution in [0.15, 0.2) is 41.2 Å². The molecule has 0 unspecified atom stereocenters. The molecule has 0 atom stereocenters. The molecule has 0 fully saturated rings. The van der Waals surface area contributed by atoms with E-state index >= 15 is 0 Å². The fourth-order valence-electron chi connectivity index (χ4n) is 1.70. The summed E-state index contributed by atoms with van der Waals surface area (Å²) in [7, 11) is 0. The topological polar surface area (TPSA) is 72.2 Å². The second-order valence-electron chi connectivity index (χ2n) is 4.10. The SMILES string of the molecule is Cc1cc(=O)c(/C=C/C(=O)O)nn1-c1cccc(F)c1. The van der Waals surface area contributed by atoms with E-state index in [0.29, 0.717) is 11.4 Å². The van der Waals surface area contributed by atoms with E-state index < -0.39 is 17.2 Å². The summed E-state index contributed by atoms with van der Waals surface area (Å²) in [5.74, 6) is -1.60. The van der Waals surface area contributed by atoms with Crippen LogP contribution >= 0.6 is 0 Å². The summed E-state index contributed by atoms with van der Waals surface area (Å²) >= 11 is 0. The third kappa shape index (κ3) is 2.97. The standard InChI is InChI=1S/C14H11FN2O3/c1-9-7-13(18)12(5-6-14(19)20)16-17(9)11-4-2-3-10(15)8-11/h2-8H,1H3,(H,19,20)/b6-5+. The van der Waals surface area contributed by atoms with Crippen molar-refractivity contribution in [3.05, 3.63) is 63.8 Å². The molecule has 1 aromatic carbocycles. The highest BCUT2D eigenvalue weighted by molar-refractivity contribution is 5.84. The van der Waals surface area contributed by atoms with Crippen LogP contribution in [-0.4, -0.2) is 20.9 Å². The van der Waals surface area contributed by atoms with Crippen molar-refractivity contribution in [2.24, 2.45) is 0 Å². The van der Waals surface area contributed by atoms with Crippen LogP contribution in [0.2, 0.25) is 0 Å². The van der Waals surface area contributed by atoms with Gasteiger partial charge in [-0.3, -0.25) is 4.79 Å². The first-order valence-corrected chi connectivity index (χ1v) is 5.75. The van der Waals surface area contributed by atoms with Gasteiger partial charge in [-0.2, -0.15) is 5.10 Å². The highest BCUT2D eigenvalue weighted by Gasteiger charge is 2.06. The first-order valence-electron chi connectivity index (χ1n) is 5.75. The Bertz CT molecular complexity index is 750. The molecular formula is C14H11FN2O3. The quantitative estimate of drug-likeness (QED) is 0.866. The lowest BCUT2D eigenvalue weighted by molar-refractivity contribution is -0.131. The highest BCUT2D eigenvalue weighted by atomic mass is 19.1. The van der Waals surface area contributed by atoms with Gasteiger partial charge in [0.25, 0.3) is 0 Å². The van der Waals surface area contributed by atoms with Gasteiger partial charge in [-0.05, 0) is 31.2 Å². The normalized spacial score (nSPS) is 10.9. The molecule has 1 aromatic heterocycles. The summed E-state index contributed by atoms with van der Waals surface area (Å²) in [6.07, 6.45) is 1.94. The Labute approximate surface area is 113 Å². The largest absolute Gasteiger partial charge is 0.478 e. The first kappa shape index (κ1) is 13.7. The molecule has 0 spiro atoms. The van der Waals surface area contributed by atoms with Crippen molar-refractivity contribution in [2.75, 3.05) is 0 Å². The van der Waals surface area contributed by atoms with Gasteiger partial charge in [0.15, 0.2) is 0 Å². The van der Waals surface area contributed by atoms with E-state index in [-0.39, 0.29) is 5.69 Å². The third-order valence-electron chi connectivity index (χ3n) is 2.57. The van der Waals surface area contributed by atoms with Gasteiger partial charge in [0.2, 0.25) is 5.43 Å². The fourth-order valence-corrected chi connectivity index (χ4v) is 1.70. The van der Waals surface area contributed by atoms with Crippen LogP contribution in [0.1, 0.15) is 11.4 Å². The maximum atomic E-state index is 13.2. The number of benzene rings is 1. The second-order valence-corrected chi connectivity index (χ2v) is 4.10. The van der Waals surface area contributed by atoms with Gasteiger partial charge in [-0.15, -0.1) is 0 Å². The maximum absolute atomic E-state index is 13.2. The molecule has 0 saturated heterocycles. The van der Waals surface area contributed by atoms with E-state index in [1.807, 2.05) is 0 Å². The van der Waals surface area contributed by atoms with Gasteiger partial charge in [0, 0.05) is 17.8 Å². The van der Waals surface area contributed by atoms with Crippen LogP contribution in [0.4, 0.5) is 4.39 Å². The van der Waals surface area contributed by atoms with Gasteiger partial charge in [-0.1, -0.05) is 6.07 Å². The van der Waals surface area contributed by atoms with Crippen molar-refractivity contribution >= 4 is 12.0 Å². The zero-order valence-electron chi connectivity index (χ0n) is 10.6. The highest BCUT2D eigenvalue weighted by Crippen LogP contribution is 2.10. The average Bonchev–Trinajstić information content (AvgIpc) is 2.37. The van der Waals surface area contributed by atoms with E-state index in [1.165, 1.54) is 28.9 Å². The zero-order chi connectivity index (χ0) is 14.7. The lowest BCUT2D eigenvalue weighted by Gasteiger charge is -2.09. The monoisotopic (exact) mass is 274 g/mol. The number of aliphatic carboxylic acids is 1. The molecule has 0 amide bonds. The second kappa shape index (κ2) is 5.48. The molecule has 102 valence electrons. The van der Waals surface area contributed by atoms with E-state index in [2.05, 4.69) is 5.10 Å². The van der Waals surface area contributed by atoms with Gasteiger partial charge in [0.05, 0.1) is 5.69 Å². The summed E-state index contributed by atoms with van der Waals surface area (Å²) in [5.41, 5.74) is 0.551. The summed E-state index contributed by atoms with van der Waals surface area (Å²) in [5, 5.41) is 12.6. The molecule has 2 rings (SSSR count). The Morgan fingerprint density at radius 2 is 2.15 bits per heavy atom. The van der Waals surface area contributed by atoms with Crippen LogP contribution < -0.4 is 5.43 Å². The van der Waals surface area contributed by atoms with Crippen molar-refractivity contribution in [1.29, 1.82) is 0 Å². The molecule has 0 bridgehead atoms. The number of hydrogen-bond acceptors (Lipinski definition) is 3. The Morgan fingerprint density at radius 1 is 1.40 bits per heavy atom. The predicted octanol–water partition coefficient (Wildman–Crippen LogP) is 1.78. The van der Waals surface area contributed by atoms with E-state index in [1.54, 1.807) is 13.0 Å². The van der Waals surface area contributed by atoms with Crippen molar-refractivity contribution in [1.82, 2.24) is 9.78 Å². The number of carboxylic acid groups (broad SMARTS) is 1. The van der Waals surface area contributed by atoms with Crippen LogP contribution in [0.5, 0.6) is 0 Å². The third-order valence-corrected chi connectivity index (χ3v) is 2.57. The maximum Gasteiger partial charge on any atom is 0.328 e. The molecule has 0 radical (unpaired) electrons. The molecule has 5 nitrogen and oxygen atoms in total. The fraction of sp³-hybridized carbons (Fsp3) is 0.0714. The Balaban J connectivity index is 2.57. The van der Waals surface area contributed by atoms with Crippen molar-refractivity contribution in [3.8, 4) is 5.69 Å². The Kier molecular flexibility index (Phi) is 3.74. The summed E-state index contributed by atoms with van der Waals surface area (Å²) < 4.78 is 14.6. The van der Waals surface area contributed by atoms with Crippen molar-refractivity contribution in [2.45, 2.75) is 6.92 Å². The smallest absolute Gasteiger partial charge is 0.328 e. The number of halogens is 1. The van der Waals surface area contributed by atoms with Crippen molar-refractivity contribution < 1.29 is 14.3 Å². The number of aromatic nitrogens is 2. The Hall–Kier alpha value is -2.76. The van der Waals surface area contributed by atoms with E-state index in [4.69, 9.17) is 5.11 Å². The number of rotatable bonds is 3. The summed E-state index contributed by atoms with van der Waals surface area (Å²) in [6.45, 7) is 1.66. The lowest BCUT2D eigenvalue weighted by Crippen LogP contribution is -2.16. The molecule has 0 saturated carbocycles. The molecule has 0 aliphatic carbocycles. The van der Waals surface area contributed by atoms with E-state index in [9.17, 15) is 14.0 Å². The van der Waals surface area contributed by atoms with Crippen LogP contribution in [0.3, 0.4) is 0 Å². The summed E-state index contributed by atoms with van der Waals surface area (Å²) in [4.78, 5) is 22.2. The average molecular weight is 274 g/mol. The summed E-state index contributed by atoms with van der Waals surface area (Å²) in [6, 6.07) is 7.05. The zero-order valence-corrected chi connectivity index (χ0v) is 10.6. The van der Waals surface area contributed by atoms with Crippen LogP contribution in [0.25, 0.3) is 11.8 Å². The van der Waals surface area contributed by atoms with Gasteiger partial charge in [-0.25, -0.2) is 13.9 Å². The number of carbonyl (C=O) groups is 1. The first-order chi connectivity index (χ1) is 9.47. The molecule has 2 aromatic rings. The van der Waals surface area contributed by atoms with Crippen LogP contribution in [-0.2, 0) is 4.79 Å². The number of carboxylic acids is 1. The molecule has 0 aliphatic heterocycles. The molecule has 6 heteroatoms. The molecule has 20 heavy (non-hydrogen) atoms. The van der Waals surface area contributed by atoms with E-state index in [0.717, 1.165) is 12.2 Å². The number of nitrogens with zero attached hydrogens (tertiary/aromatic N) is 2. The minimum atomic E-state index is -1.18. The lowest BCUT2D eigenvalue weighted by atomic mass is 10.2. The van der Waals surface area contributed by atoms with Gasteiger partial charge < -0.3 is 5.11 Å². The molecule has 1 heterocycles.